The molecule has 0 radical (unpaired) electrons. The Morgan fingerprint density at radius 1 is 0.846 bits per heavy atom. The summed E-state index contributed by atoms with van der Waals surface area (Å²) in [7, 11) is 1.77. The topological polar surface area (TPSA) is 54.9 Å². The number of ether oxygens (including phenoxy) is 2. The lowest BCUT2D eigenvalue weighted by atomic mass is 10.1. The van der Waals surface area contributed by atoms with E-state index < -0.39 is 0 Å². The van der Waals surface area contributed by atoms with Crippen molar-refractivity contribution in [2.75, 3.05) is 13.8 Å². The minimum atomic E-state index is 0.293. The summed E-state index contributed by atoms with van der Waals surface area (Å²) in [6.45, 7) is 1.67. The fourth-order valence-electron chi connectivity index (χ4n) is 2.99. The van der Waals surface area contributed by atoms with Crippen LogP contribution in [0.2, 0.25) is 0 Å². The molecule has 5 nitrogen and oxygen atoms in total. The summed E-state index contributed by atoms with van der Waals surface area (Å²) in [5.74, 6) is 2.35. The largest absolute Gasteiger partial charge is 0.454 e. The Labute approximate surface area is 152 Å². The molecule has 3 aromatic rings. The lowest BCUT2D eigenvalue weighted by molar-refractivity contribution is 0.174. The first-order valence-electron chi connectivity index (χ1n) is 8.62. The highest BCUT2D eigenvalue weighted by molar-refractivity contribution is 5.83. The van der Waals surface area contributed by atoms with E-state index in [1.807, 2.05) is 18.2 Å². The number of aliphatic imine (C=N–C) groups is 1. The van der Waals surface area contributed by atoms with E-state index in [0.717, 1.165) is 23.0 Å². The van der Waals surface area contributed by atoms with Crippen LogP contribution >= 0.6 is 0 Å². The Morgan fingerprint density at radius 2 is 1.54 bits per heavy atom. The Balaban J connectivity index is 1.35. The maximum Gasteiger partial charge on any atom is 0.231 e. The van der Waals surface area contributed by atoms with Crippen LogP contribution in [0.4, 0.5) is 0 Å². The molecular formula is C21H21N3O2. The molecule has 1 aliphatic heterocycles. The van der Waals surface area contributed by atoms with E-state index in [1.54, 1.807) is 7.05 Å². The van der Waals surface area contributed by atoms with Crippen LogP contribution < -0.4 is 20.1 Å². The Morgan fingerprint density at radius 3 is 2.35 bits per heavy atom. The lowest BCUT2D eigenvalue weighted by Crippen LogP contribution is -2.36. The average Bonchev–Trinajstić information content (AvgIpc) is 3.16. The maximum atomic E-state index is 5.42. The zero-order valence-electron chi connectivity index (χ0n) is 14.7. The molecule has 0 saturated heterocycles. The van der Waals surface area contributed by atoms with Gasteiger partial charge in [0, 0.05) is 20.1 Å². The quantitative estimate of drug-likeness (QED) is 0.561. The third-order valence-electron chi connectivity index (χ3n) is 4.39. The molecule has 26 heavy (non-hydrogen) atoms. The number of hydrogen-bond acceptors (Lipinski definition) is 3. The second-order valence-electron chi connectivity index (χ2n) is 6.15. The van der Waals surface area contributed by atoms with Gasteiger partial charge in [0.15, 0.2) is 17.5 Å². The molecule has 1 aliphatic rings. The molecule has 0 aromatic heterocycles. The summed E-state index contributed by atoms with van der Waals surface area (Å²) < 4.78 is 10.8. The van der Waals surface area contributed by atoms with Gasteiger partial charge in [-0.3, -0.25) is 4.99 Å². The summed E-state index contributed by atoms with van der Waals surface area (Å²) in [4.78, 5) is 4.29. The van der Waals surface area contributed by atoms with Crippen molar-refractivity contribution >= 4 is 16.7 Å². The molecule has 132 valence electrons. The molecule has 0 bridgehead atoms. The van der Waals surface area contributed by atoms with E-state index in [2.05, 4.69) is 58.1 Å². The van der Waals surface area contributed by atoms with Gasteiger partial charge in [0.1, 0.15) is 0 Å². The number of hydrogen-bond donors (Lipinski definition) is 2. The molecule has 0 atom stereocenters. The first-order valence-corrected chi connectivity index (χ1v) is 8.62. The van der Waals surface area contributed by atoms with E-state index in [9.17, 15) is 0 Å². The Kier molecular flexibility index (Phi) is 4.60. The van der Waals surface area contributed by atoms with Gasteiger partial charge < -0.3 is 20.1 Å². The number of benzene rings is 3. The summed E-state index contributed by atoms with van der Waals surface area (Å²) in [6, 6.07) is 20.8. The smallest absolute Gasteiger partial charge is 0.231 e. The molecule has 0 spiro atoms. The van der Waals surface area contributed by atoms with Gasteiger partial charge >= 0.3 is 0 Å². The predicted molar refractivity (Wildman–Crippen MR) is 104 cm³/mol. The SMILES string of the molecule is CN=C(NCc1ccc2c(c1)OCO2)NCc1ccc2ccccc2c1. The fraction of sp³-hybridized carbons (Fsp3) is 0.190. The highest BCUT2D eigenvalue weighted by atomic mass is 16.7. The molecule has 5 heteroatoms. The standard InChI is InChI=1S/C21H21N3O2/c1-22-21(24-13-16-7-9-19-20(11-16)26-14-25-19)23-12-15-6-8-17-4-2-3-5-18(17)10-15/h2-11H,12-14H2,1H3,(H2,22,23,24). The molecule has 0 saturated carbocycles. The van der Waals surface area contributed by atoms with Gasteiger partial charge in [-0.1, -0.05) is 42.5 Å². The predicted octanol–water partition coefficient (Wildman–Crippen LogP) is 3.43. The minimum Gasteiger partial charge on any atom is -0.454 e. The van der Waals surface area contributed by atoms with Gasteiger partial charge in [0.05, 0.1) is 0 Å². The van der Waals surface area contributed by atoms with Crippen molar-refractivity contribution in [3.63, 3.8) is 0 Å². The van der Waals surface area contributed by atoms with E-state index in [0.29, 0.717) is 19.9 Å². The van der Waals surface area contributed by atoms with E-state index in [4.69, 9.17) is 9.47 Å². The Bertz CT molecular complexity index is 953. The van der Waals surface area contributed by atoms with E-state index in [1.165, 1.54) is 16.3 Å². The normalized spacial score (nSPS) is 13.0. The van der Waals surface area contributed by atoms with Crippen molar-refractivity contribution < 1.29 is 9.47 Å². The number of nitrogens with one attached hydrogen (secondary N) is 2. The molecule has 0 aliphatic carbocycles. The van der Waals surface area contributed by atoms with Gasteiger partial charge in [-0.25, -0.2) is 0 Å². The van der Waals surface area contributed by atoms with Crippen LogP contribution in [-0.2, 0) is 13.1 Å². The van der Waals surface area contributed by atoms with Crippen LogP contribution in [0.5, 0.6) is 11.5 Å². The molecule has 1 heterocycles. The summed E-state index contributed by atoms with van der Waals surface area (Å²) in [5.41, 5.74) is 2.33. The molecule has 0 fully saturated rings. The number of nitrogens with zero attached hydrogens (tertiary/aromatic N) is 1. The van der Waals surface area contributed by atoms with Gasteiger partial charge in [-0.15, -0.1) is 0 Å². The highest BCUT2D eigenvalue weighted by Gasteiger charge is 2.13. The second-order valence-corrected chi connectivity index (χ2v) is 6.15. The number of guanidine groups is 1. The lowest BCUT2D eigenvalue weighted by Gasteiger charge is -2.13. The van der Waals surface area contributed by atoms with Crippen molar-refractivity contribution in [1.82, 2.24) is 10.6 Å². The van der Waals surface area contributed by atoms with Crippen molar-refractivity contribution in [3.05, 3.63) is 71.8 Å². The van der Waals surface area contributed by atoms with Crippen molar-refractivity contribution in [2.45, 2.75) is 13.1 Å². The monoisotopic (exact) mass is 347 g/mol. The molecular weight excluding hydrogens is 326 g/mol. The van der Waals surface area contributed by atoms with Crippen LogP contribution in [0.15, 0.2) is 65.7 Å². The second kappa shape index (κ2) is 7.35. The van der Waals surface area contributed by atoms with E-state index in [-0.39, 0.29) is 0 Å². The van der Waals surface area contributed by atoms with Crippen LogP contribution in [-0.4, -0.2) is 19.8 Å². The summed E-state index contributed by atoms with van der Waals surface area (Å²) in [6.07, 6.45) is 0. The van der Waals surface area contributed by atoms with Gasteiger partial charge in [0.2, 0.25) is 6.79 Å². The fourth-order valence-corrected chi connectivity index (χ4v) is 2.99. The molecule has 3 aromatic carbocycles. The maximum absolute atomic E-state index is 5.42. The first-order chi connectivity index (χ1) is 12.8. The van der Waals surface area contributed by atoms with Crippen LogP contribution in [0.3, 0.4) is 0 Å². The first kappa shape index (κ1) is 16.3. The van der Waals surface area contributed by atoms with Gasteiger partial charge in [0.25, 0.3) is 0 Å². The van der Waals surface area contributed by atoms with Crippen LogP contribution in [0.1, 0.15) is 11.1 Å². The third kappa shape index (κ3) is 3.57. The van der Waals surface area contributed by atoms with Gasteiger partial charge in [-0.05, 0) is 40.1 Å². The van der Waals surface area contributed by atoms with Crippen LogP contribution in [0, 0.1) is 0 Å². The molecule has 0 amide bonds. The average molecular weight is 347 g/mol. The van der Waals surface area contributed by atoms with Crippen molar-refractivity contribution in [2.24, 2.45) is 4.99 Å². The zero-order chi connectivity index (χ0) is 17.8. The number of rotatable bonds is 4. The van der Waals surface area contributed by atoms with Crippen LogP contribution in [0.25, 0.3) is 10.8 Å². The zero-order valence-corrected chi connectivity index (χ0v) is 14.7. The third-order valence-corrected chi connectivity index (χ3v) is 4.39. The molecule has 0 unspecified atom stereocenters. The summed E-state index contributed by atoms with van der Waals surface area (Å²) >= 11 is 0. The minimum absolute atomic E-state index is 0.293. The summed E-state index contributed by atoms with van der Waals surface area (Å²) in [5, 5.41) is 9.18. The molecule has 4 rings (SSSR count). The van der Waals surface area contributed by atoms with Gasteiger partial charge in [-0.2, -0.15) is 0 Å². The van der Waals surface area contributed by atoms with Crippen molar-refractivity contribution in [1.29, 1.82) is 0 Å². The van der Waals surface area contributed by atoms with Crippen molar-refractivity contribution in [3.8, 4) is 11.5 Å². The highest BCUT2D eigenvalue weighted by Crippen LogP contribution is 2.32. The van der Waals surface area contributed by atoms with E-state index >= 15 is 0 Å². The molecule has 2 N–H and O–H groups in total. The Hall–Kier alpha value is -3.21. The number of fused-ring (bicyclic) bond motifs is 2.